The highest BCUT2D eigenvalue weighted by molar-refractivity contribution is 5.74. The summed E-state index contributed by atoms with van der Waals surface area (Å²) in [5.74, 6) is 0. The number of hydrogen-bond acceptors (Lipinski definition) is 2. The van der Waals surface area contributed by atoms with Crippen LogP contribution in [0.4, 0.5) is 4.79 Å². The summed E-state index contributed by atoms with van der Waals surface area (Å²) in [6.07, 6.45) is 0. The fourth-order valence-electron chi connectivity index (χ4n) is 0.349. The molecule has 0 rings (SSSR count). The molecule has 4 nitrogen and oxygen atoms in total. The van der Waals surface area contributed by atoms with Crippen molar-refractivity contribution in [2.75, 3.05) is 0 Å². The quantitative estimate of drug-likeness (QED) is 0.478. The molecule has 4 heteroatoms. The van der Waals surface area contributed by atoms with Gasteiger partial charge in [0.25, 0.3) is 0 Å². The normalized spacial score (nSPS) is 10.6. The van der Waals surface area contributed by atoms with Crippen LogP contribution in [0.15, 0.2) is 5.11 Å². The summed E-state index contributed by atoms with van der Waals surface area (Å²) >= 11 is 0. The Morgan fingerprint density at radius 3 is 2.11 bits per heavy atom. The van der Waals surface area contributed by atoms with Gasteiger partial charge in [0, 0.05) is 5.54 Å². The maximum Gasteiger partial charge on any atom is 0.359 e. The van der Waals surface area contributed by atoms with Gasteiger partial charge >= 0.3 is 6.03 Å². The number of urea groups is 1. The maximum absolute atomic E-state index is 10.4. The lowest BCUT2D eigenvalue weighted by Gasteiger charge is -2.17. The van der Waals surface area contributed by atoms with Gasteiger partial charge in [-0.15, -0.1) is 0 Å². The van der Waals surface area contributed by atoms with Crippen molar-refractivity contribution in [1.82, 2.24) is 5.32 Å². The molecule has 0 aliphatic carbocycles. The van der Waals surface area contributed by atoms with Gasteiger partial charge < -0.3 is 5.32 Å². The third kappa shape index (κ3) is 4.93. The lowest BCUT2D eigenvalue weighted by molar-refractivity contribution is 0.238. The van der Waals surface area contributed by atoms with Crippen LogP contribution in [0.3, 0.4) is 0 Å². The molecule has 0 aromatic rings. The largest absolute Gasteiger partial charge is 0.359 e. The Kier molecular flexibility index (Phi) is 2.30. The Balaban J connectivity index is 3.74. The molecule has 0 heterocycles. The number of amides is 2. The highest BCUT2D eigenvalue weighted by Crippen LogP contribution is 1.97. The number of nitrogens with zero attached hydrogens (tertiary/aromatic N) is 1. The van der Waals surface area contributed by atoms with E-state index in [1.54, 1.807) is 0 Å². The zero-order valence-corrected chi connectivity index (χ0v) is 5.86. The fraction of sp³-hybridized carbons (Fsp3) is 0.800. The minimum absolute atomic E-state index is 0.290. The van der Waals surface area contributed by atoms with E-state index in [-0.39, 0.29) is 5.54 Å². The molecule has 0 aromatic carbocycles. The van der Waals surface area contributed by atoms with Crippen LogP contribution in [0.1, 0.15) is 20.8 Å². The average Bonchev–Trinajstić information content (AvgIpc) is 1.62. The van der Waals surface area contributed by atoms with Gasteiger partial charge in [-0.1, -0.05) is 5.11 Å². The molecule has 0 radical (unpaired) electrons. The zero-order chi connectivity index (χ0) is 7.49. The first-order chi connectivity index (χ1) is 3.95. The molecule has 9 heavy (non-hydrogen) atoms. The smallest absolute Gasteiger partial charge is 0.330 e. The summed E-state index contributed by atoms with van der Waals surface area (Å²) in [6, 6.07) is -0.595. The van der Waals surface area contributed by atoms with Crippen molar-refractivity contribution >= 4 is 6.03 Å². The SMILES string of the molecule is CC(C)(C)NC(=O)N=N. The third-order valence-corrected chi connectivity index (χ3v) is 0.583. The molecule has 52 valence electrons. The monoisotopic (exact) mass is 129 g/mol. The molecule has 0 saturated carbocycles. The van der Waals surface area contributed by atoms with Crippen molar-refractivity contribution in [1.29, 1.82) is 5.53 Å². The summed E-state index contributed by atoms with van der Waals surface area (Å²) in [7, 11) is 0. The third-order valence-electron chi connectivity index (χ3n) is 0.583. The lowest BCUT2D eigenvalue weighted by Crippen LogP contribution is -2.38. The van der Waals surface area contributed by atoms with E-state index < -0.39 is 6.03 Å². The van der Waals surface area contributed by atoms with Gasteiger partial charge in [-0.3, -0.25) is 0 Å². The van der Waals surface area contributed by atoms with Crippen LogP contribution in [-0.4, -0.2) is 11.6 Å². The van der Waals surface area contributed by atoms with E-state index >= 15 is 0 Å². The van der Waals surface area contributed by atoms with E-state index in [9.17, 15) is 4.79 Å². The van der Waals surface area contributed by atoms with E-state index in [4.69, 9.17) is 5.53 Å². The first kappa shape index (κ1) is 8.07. The van der Waals surface area contributed by atoms with Gasteiger partial charge in [0.15, 0.2) is 0 Å². The molecule has 0 fully saturated rings. The first-order valence-corrected chi connectivity index (χ1v) is 2.65. The predicted octanol–water partition coefficient (Wildman–Crippen LogP) is 1.53. The Labute approximate surface area is 54.1 Å². The molecule has 0 spiro atoms. The number of carbonyl (C=O) groups excluding carboxylic acids is 1. The standard InChI is InChI=1S/C5H11N3O/c1-5(2,3)7-4(9)8-6/h6H,1-3H3,(H,7,9). The van der Waals surface area contributed by atoms with Gasteiger partial charge in [0.05, 0.1) is 0 Å². The topological polar surface area (TPSA) is 65.3 Å². The molecule has 0 atom stereocenters. The molecule has 0 aliphatic heterocycles. The molecular weight excluding hydrogens is 118 g/mol. The second-order valence-electron chi connectivity index (χ2n) is 2.79. The summed E-state index contributed by atoms with van der Waals surface area (Å²) in [4.78, 5) is 10.4. The molecular formula is C5H11N3O. The second-order valence-corrected chi connectivity index (χ2v) is 2.79. The van der Waals surface area contributed by atoms with Crippen LogP contribution >= 0.6 is 0 Å². The van der Waals surface area contributed by atoms with Crippen molar-refractivity contribution in [3.8, 4) is 0 Å². The van der Waals surface area contributed by atoms with Crippen molar-refractivity contribution < 1.29 is 4.79 Å². The highest BCUT2D eigenvalue weighted by atomic mass is 16.2. The number of carbonyl (C=O) groups is 1. The van der Waals surface area contributed by atoms with Crippen LogP contribution in [0.2, 0.25) is 0 Å². The Bertz CT molecular complexity index is 125. The van der Waals surface area contributed by atoms with Crippen LogP contribution in [0, 0.1) is 5.53 Å². The van der Waals surface area contributed by atoms with Crippen molar-refractivity contribution in [3.63, 3.8) is 0 Å². The lowest BCUT2D eigenvalue weighted by atomic mass is 10.1. The van der Waals surface area contributed by atoms with Crippen molar-refractivity contribution in [2.45, 2.75) is 26.3 Å². The summed E-state index contributed by atoms with van der Waals surface area (Å²) in [5, 5.41) is 5.15. The van der Waals surface area contributed by atoms with E-state index in [1.165, 1.54) is 0 Å². The van der Waals surface area contributed by atoms with Gasteiger partial charge in [0.1, 0.15) is 0 Å². The van der Waals surface area contributed by atoms with Gasteiger partial charge in [-0.05, 0) is 20.8 Å². The molecule has 0 unspecified atom stereocenters. The minimum Gasteiger partial charge on any atom is -0.330 e. The molecule has 0 aromatic heterocycles. The molecule has 2 N–H and O–H groups in total. The number of nitrogens with one attached hydrogen (secondary N) is 2. The molecule has 0 aliphatic rings. The van der Waals surface area contributed by atoms with Gasteiger partial charge in [-0.2, -0.15) is 5.53 Å². The fourth-order valence-corrected chi connectivity index (χ4v) is 0.349. The summed E-state index contributed by atoms with van der Waals surface area (Å²) < 4.78 is 0. The second kappa shape index (κ2) is 2.57. The number of rotatable bonds is 0. The van der Waals surface area contributed by atoms with Crippen molar-refractivity contribution in [3.05, 3.63) is 0 Å². The number of hydrogen-bond donors (Lipinski definition) is 2. The zero-order valence-electron chi connectivity index (χ0n) is 5.86. The summed E-state index contributed by atoms with van der Waals surface area (Å²) in [6.45, 7) is 5.49. The Hall–Kier alpha value is -0.930. The van der Waals surface area contributed by atoms with Crippen LogP contribution < -0.4 is 5.32 Å². The highest BCUT2D eigenvalue weighted by Gasteiger charge is 2.11. The van der Waals surface area contributed by atoms with Crippen LogP contribution in [-0.2, 0) is 0 Å². The minimum atomic E-state index is -0.595. The van der Waals surface area contributed by atoms with E-state index in [0.717, 1.165) is 0 Å². The molecule has 0 saturated heterocycles. The first-order valence-electron chi connectivity index (χ1n) is 2.65. The predicted molar refractivity (Wildman–Crippen MR) is 33.4 cm³/mol. The van der Waals surface area contributed by atoms with E-state index in [2.05, 4.69) is 10.4 Å². The van der Waals surface area contributed by atoms with E-state index in [0.29, 0.717) is 0 Å². The summed E-state index contributed by atoms with van der Waals surface area (Å²) in [5.41, 5.74) is 6.01. The van der Waals surface area contributed by atoms with Crippen LogP contribution in [0.5, 0.6) is 0 Å². The Morgan fingerprint density at radius 1 is 1.56 bits per heavy atom. The van der Waals surface area contributed by atoms with Gasteiger partial charge in [-0.25, -0.2) is 4.79 Å². The van der Waals surface area contributed by atoms with Crippen molar-refractivity contribution in [2.24, 2.45) is 5.11 Å². The van der Waals surface area contributed by atoms with E-state index in [1.807, 2.05) is 20.8 Å². The molecule has 0 bridgehead atoms. The Morgan fingerprint density at radius 2 is 2.00 bits per heavy atom. The van der Waals surface area contributed by atoms with Crippen LogP contribution in [0.25, 0.3) is 0 Å². The molecule has 2 amide bonds. The average molecular weight is 129 g/mol. The maximum atomic E-state index is 10.4. The van der Waals surface area contributed by atoms with Gasteiger partial charge in [0.2, 0.25) is 0 Å².